The van der Waals surface area contributed by atoms with Crippen molar-refractivity contribution >= 4 is 21.6 Å². The van der Waals surface area contributed by atoms with E-state index >= 15 is 0 Å². The molecular weight excluding hydrogens is 336 g/mol. The Balaban J connectivity index is 2.16. The highest BCUT2D eigenvalue weighted by molar-refractivity contribution is 7.89. The standard InChI is InChI=1S/C16H25ClN2O3S/c1-13-4-5-14(10-15(13)17)23(21,22)19-8-6-16(12-20,7-9-19)11-18(2)3/h4-5,10,20H,6-9,11-12H2,1-3H3. The zero-order valence-electron chi connectivity index (χ0n) is 13.9. The predicted molar refractivity (Wildman–Crippen MR) is 92.3 cm³/mol. The van der Waals surface area contributed by atoms with Gasteiger partial charge in [0, 0.05) is 30.1 Å². The van der Waals surface area contributed by atoms with Crippen LogP contribution in [0.4, 0.5) is 0 Å². The largest absolute Gasteiger partial charge is 0.396 e. The van der Waals surface area contributed by atoms with Crippen LogP contribution in [0.25, 0.3) is 0 Å². The van der Waals surface area contributed by atoms with Gasteiger partial charge in [-0.2, -0.15) is 4.31 Å². The van der Waals surface area contributed by atoms with Crippen molar-refractivity contribution < 1.29 is 13.5 Å². The fourth-order valence-electron chi connectivity index (χ4n) is 3.12. The highest BCUT2D eigenvalue weighted by Gasteiger charge is 2.38. The van der Waals surface area contributed by atoms with Crippen LogP contribution in [0.5, 0.6) is 0 Å². The highest BCUT2D eigenvalue weighted by Crippen LogP contribution is 2.34. The van der Waals surface area contributed by atoms with Gasteiger partial charge in [0.2, 0.25) is 10.0 Å². The van der Waals surface area contributed by atoms with E-state index in [9.17, 15) is 13.5 Å². The maximum absolute atomic E-state index is 12.8. The summed E-state index contributed by atoms with van der Waals surface area (Å²) in [6, 6.07) is 4.84. The Bertz CT molecular complexity index is 653. The van der Waals surface area contributed by atoms with Gasteiger partial charge in [0.05, 0.1) is 11.5 Å². The maximum atomic E-state index is 12.8. The van der Waals surface area contributed by atoms with Crippen LogP contribution in [0.1, 0.15) is 18.4 Å². The van der Waals surface area contributed by atoms with Crippen molar-refractivity contribution in [3.63, 3.8) is 0 Å². The number of halogens is 1. The molecule has 1 fully saturated rings. The summed E-state index contributed by atoms with van der Waals surface area (Å²) in [5, 5.41) is 10.2. The molecule has 0 saturated carbocycles. The number of benzene rings is 1. The number of rotatable bonds is 5. The van der Waals surface area contributed by atoms with Crippen molar-refractivity contribution in [2.45, 2.75) is 24.7 Å². The molecule has 1 saturated heterocycles. The quantitative estimate of drug-likeness (QED) is 0.872. The van der Waals surface area contributed by atoms with E-state index in [-0.39, 0.29) is 16.9 Å². The number of aryl methyl sites for hydroxylation is 1. The molecule has 1 N–H and O–H groups in total. The lowest BCUT2D eigenvalue weighted by molar-refractivity contribution is 0.0442. The highest BCUT2D eigenvalue weighted by atomic mass is 35.5. The molecule has 7 heteroatoms. The molecular formula is C16H25ClN2O3S. The molecule has 0 bridgehead atoms. The molecule has 23 heavy (non-hydrogen) atoms. The van der Waals surface area contributed by atoms with Crippen LogP contribution in [0.15, 0.2) is 23.1 Å². The van der Waals surface area contributed by atoms with Crippen molar-refractivity contribution in [2.75, 3.05) is 40.3 Å². The molecule has 0 aromatic heterocycles. The van der Waals surface area contributed by atoms with Crippen LogP contribution in [0, 0.1) is 12.3 Å². The molecule has 2 rings (SSSR count). The van der Waals surface area contributed by atoms with E-state index in [2.05, 4.69) is 0 Å². The third-order valence-corrected chi connectivity index (χ3v) is 6.85. The van der Waals surface area contributed by atoms with Crippen LogP contribution >= 0.6 is 11.6 Å². The Morgan fingerprint density at radius 1 is 1.30 bits per heavy atom. The van der Waals surface area contributed by atoms with Crippen LogP contribution < -0.4 is 0 Å². The van der Waals surface area contributed by atoms with E-state index in [0.29, 0.717) is 31.0 Å². The summed E-state index contributed by atoms with van der Waals surface area (Å²) in [5.74, 6) is 0. The summed E-state index contributed by atoms with van der Waals surface area (Å²) < 4.78 is 27.0. The molecule has 0 spiro atoms. The van der Waals surface area contributed by atoms with E-state index in [1.807, 2.05) is 25.9 Å². The van der Waals surface area contributed by atoms with E-state index in [1.165, 1.54) is 10.4 Å². The lowest BCUT2D eigenvalue weighted by Crippen LogP contribution is -2.48. The molecule has 0 aliphatic carbocycles. The average Bonchev–Trinajstić information content (AvgIpc) is 2.49. The number of hydrogen-bond acceptors (Lipinski definition) is 4. The first-order chi connectivity index (χ1) is 10.7. The SMILES string of the molecule is Cc1ccc(S(=O)(=O)N2CCC(CO)(CN(C)C)CC2)cc1Cl. The number of hydrogen-bond donors (Lipinski definition) is 1. The Hall–Kier alpha value is -0.660. The molecule has 5 nitrogen and oxygen atoms in total. The monoisotopic (exact) mass is 360 g/mol. The Kier molecular flexibility index (Phi) is 5.74. The van der Waals surface area contributed by atoms with Gasteiger partial charge in [-0.25, -0.2) is 8.42 Å². The Morgan fingerprint density at radius 3 is 2.39 bits per heavy atom. The zero-order chi connectivity index (χ0) is 17.3. The molecule has 1 heterocycles. The minimum Gasteiger partial charge on any atom is -0.396 e. The van der Waals surface area contributed by atoms with Crippen LogP contribution in [0.2, 0.25) is 5.02 Å². The van der Waals surface area contributed by atoms with Gasteiger partial charge in [0.1, 0.15) is 0 Å². The van der Waals surface area contributed by atoms with Gasteiger partial charge in [-0.05, 0) is 51.6 Å². The van der Waals surface area contributed by atoms with Crippen LogP contribution in [0.3, 0.4) is 0 Å². The molecule has 1 aliphatic heterocycles. The summed E-state index contributed by atoms with van der Waals surface area (Å²) in [6.45, 7) is 3.52. The summed E-state index contributed by atoms with van der Waals surface area (Å²) in [5.41, 5.74) is 0.634. The van der Waals surface area contributed by atoms with Crippen molar-refractivity contribution in [3.8, 4) is 0 Å². The lowest BCUT2D eigenvalue weighted by atomic mass is 9.79. The van der Waals surface area contributed by atoms with Crippen molar-refractivity contribution in [2.24, 2.45) is 5.41 Å². The fourth-order valence-corrected chi connectivity index (χ4v) is 4.83. The van der Waals surface area contributed by atoms with E-state index in [0.717, 1.165) is 12.1 Å². The first kappa shape index (κ1) is 18.7. The minimum absolute atomic E-state index is 0.0788. The maximum Gasteiger partial charge on any atom is 0.243 e. The van der Waals surface area contributed by atoms with Gasteiger partial charge >= 0.3 is 0 Å². The summed E-state index contributed by atoms with van der Waals surface area (Å²) in [4.78, 5) is 2.28. The van der Waals surface area contributed by atoms with Gasteiger partial charge in [0.25, 0.3) is 0 Å². The van der Waals surface area contributed by atoms with Crippen LogP contribution in [-0.4, -0.2) is 63.1 Å². The number of aliphatic hydroxyl groups excluding tert-OH is 1. The second-order valence-corrected chi connectivity index (χ2v) is 9.06. The predicted octanol–water partition coefficient (Wildman–Crippen LogP) is 1.97. The molecule has 1 aromatic rings. The van der Waals surface area contributed by atoms with Gasteiger partial charge in [-0.15, -0.1) is 0 Å². The molecule has 0 atom stereocenters. The molecule has 1 aliphatic rings. The van der Waals surface area contributed by atoms with Gasteiger partial charge in [0.15, 0.2) is 0 Å². The molecule has 0 amide bonds. The Morgan fingerprint density at radius 2 is 1.91 bits per heavy atom. The zero-order valence-corrected chi connectivity index (χ0v) is 15.5. The van der Waals surface area contributed by atoms with Crippen molar-refractivity contribution in [1.82, 2.24) is 9.21 Å². The number of nitrogens with zero attached hydrogens (tertiary/aromatic N) is 2. The van der Waals surface area contributed by atoms with Gasteiger partial charge in [-0.1, -0.05) is 17.7 Å². The normalized spacial score (nSPS) is 19.2. The third kappa shape index (κ3) is 4.06. The minimum atomic E-state index is -3.53. The van der Waals surface area contributed by atoms with E-state index in [1.54, 1.807) is 12.1 Å². The molecule has 130 valence electrons. The molecule has 0 unspecified atom stereocenters. The van der Waals surface area contributed by atoms with Crippen molar-refractivity contribution in [1.29, 1.82) is 0 Å². The number of sulfonamides is 1. The third-order valence-electron chi connectivity index (χ3n) is 4.55. The second kappa shape index (κ2) is 7.07. The summed E-state index contributed by atoms with van der Waals surface area (Å²) >= 11 is 6.06. The van der Waals surface area contributed by atoms with Gasteiger partial charge < -0.3 is 10.0 Å². The summed E-state index contributed by atoms with van der Waals surface area (Å²) in [6.07, 6.45) is 1.31. The lowest BCUT2D eigenvalue weighted by Gasteiger charge is -2.41. The molecule has 1 aromatic carbocycles. The summed E-state index contributed by atoms with van der Waals surface area (Å²) in [7, 11) is 0.400. The average molecular weight is 361 g/mol. The number of aliphatic hydroxyl groups is 1. The second-order valence-electron chi connectivity index (χ2n) is 6.71. The first-order valence-corrected chi connectivity index (χ1v) is 9.54. The fraction of sp³-hybridized carbons (Fsp3) is 0.625. The van der Waals surface area contributed by atoms with Crippen LogP contribution in [-0.2, 0) is 10.0 Å². The first-order valence-electron chi connectivity index (χ1n) is 7.72. The van der Waals surface area contributed by atoms with Gasteiger partial charge in [-0.3, -0.25) is 0 Å². The van der Waals surface area contributed by atoms with Crippen molar-refractivity contribution in [3.05, 3.63) is 28.8 Å². The Labute approximate surface area is 143 Å². The topological polar surface area (TPSA) is 60.9 Å². The van der Waals surface area contributed by atoms with E-state index < -0.39 is 10.0 Å². The molecule has 0 radical (unpaired) electrons. The number of piperidine rings is 1. The smallest absolute Gasteiger partial charge is 0.243 e. The van der Waals surface area contributed by atoms with E-state index in [4.69, 9.17) is 11.6 Å².